The first kappa shape index (κ1) is 31.1. The Bertz CT molecular complexity index is 954. The van der Waals surface area contributed by atoms with Crippen LogP contribution in [0.15, 0.2) is 18.2 Å². The Hall–Kier alpha value is -3.08. The summed E-state index contributed by atoms with van der Waals surface area (Å²) in [5.41, 5.74) is -0.279. The van der Waals surface area contributed by atoms with Crippen LogP contribution in [0.3, 0.4) is 0 Å². The van der Waals surface area contributed by atoms with Gasteiger partial charge in [0.2, 0.25) is 0 Å². The number of amides is 2. The minimum absolute atomic E-state index is 0.00968. The highest BCUT2D eigenvalue weighted by atomic mass is 16.6. The van der Waals surface area contributed by atoms with Crippen molar-refractivity contribution in [1.29, 1.82) is 0 Å². The Kier molecular flexibility index (Phi) is 10.8. The van der Waals surface area contributed by atoms with Crippen molar-refractivity contribution in [3.8, 4) is 5.75 Å². The van der Waals surface area contributed by atoms with Gasteiger partial charge < -0.3 is 29.1 Å². The van der Waals surface area contributed by atoms with E-state index in [1.54, 1.807) is 28.9 Å². The third-order valence-corrected chi connectivity index (χ3v) is 5.88. The topological polar surface area (TPSA) is 132 Å². The molecule has 214 valence electrons. The third kappa shape index (κ3) is 10.7. The zero-order chi connectivity index (χ0) is 28.7. The van der Waals surface area contributed by atoms with Crippen LogP contribution in [0.25, 0.3) is 0 Å². The number of hydrogen-bond donors (Lipinski definition) is 1. The molecule has 2 aliphatic rings. The lowest BCUT2D eigenvalue weighted by Crippen LogP contribution is -2.44. The normalized spacial score (nSPS) is 17.3. The van der Waals surface area contributed by atoms with Crippen molar-refractivity contribution in [2.24, 2.45) is 0 Å². The van der Waals surface area contributed by atoms with E-state index in [1.807, 2.05) is 41.5 Å². The van der Waals surface area contributed by atoms with Crippen molar-refractivity contribution in [2.45, 2.75) is 97.6 Å². The fourth-order valence-corrected chi connectivity index (χ4v) is 3.96. The Labute approximate surface area is 225 Å². The summed E-state index contributed by atoms with van der Waals surface area (Å²) < 4.78 is 16.5. The molecule has 1 aromatic carbocycles. The van der Waals surface area contributed by atoms with Gasteiger partial charge in [-0.25, -0.2) is 9.59 Å². The van der Waals surface area contributed by atoms with Crippen molar-refractivity contribution < 1.29 is 33.8 Å². The second kappa shape index (κ2) is 13.1. The molecular formula is C27H43N3O8. The average molecular weight is 538 g/mol. The monoisotopic (exact) mass is 537 g/mol. The Morgan fingerprint density at radius 2 is 1.34 bits per heavy atom. The Morgan fingerprint density at radius 3 is 1.74 bits per heavy atom. The van der Waals surface area contributed by atoms with Crippen LogP contribution < -0.4 is 4.74 Å². The van der Waals surface area contributed by atoms with Crippen LogP contribution in [0.1, 0.15) is 72.8 Å². The predicted molar refractivity (Wildman–Crippen MR) is 142 cm³/mol. The van der Waals surface area contributed by atoms with E-state index in [1.165, 1.54) is 6.07 Å². The van der Waals surface area contributed by atoms with Crippen LogP contribution in [0.5, 0.6) is 5.75 Å². The van der Waals surface area contributed by atoms with Crippen LogP contribution in [0.2, 0.25) is 0 Å². The molecular weight excluding hydrogens is 494 g/mol. The Morgan fingerprint density at radius 1 is 0.895 bits per heavy atom. The number of aliphatic hydroxyl groups is 1. The fourth-order valence-electron chi connectivity index (χ4n) is 3.96. The molecule has 1 aromatic rings. The summed E-state index contributed by atoms with van der Waals surface area (Å²) in [6.45, 7) is 15.1. The van der Waals surface area contributed by atoms with E-state index in [0.717, 1.165) is 0 Å². The van der Waals surface area contributed by atoms with Crippen molar-refractivity contribution in [1.82, 2.24) is 9.80 Å². The van der Waals surface area contributed by atoms with Crippen molar-refractivity contribution in [3.05, 3.63) is 33.9 Å². The van der Waals surface area contributed by atoms with E-state index in [-0.39, 0.29) is 30.1 Å². The molecule has 3 rings (SSSR count). The number of nitrogens with zero attached hydrogens (tertiary/aromatic N) is 3. The van der Waals surface area contributed by atoms with E-state index in [0.29, 0.717) is 63.2 Å². The number of nitro groups is 1. The highest BCUT2D eigenvalue weighted by Crippen LogP contribution is 2.26. The fraction of sp³-hybridized carbons (Fsp3) is 0.704. The number of carbonyl (C=O) groups is 2. The smallest absolute Gasteiger partial charge is 0.410 e. The average Bonchev–Trinajstić information content (AvgIpc) is 2.78. The SMILES string of the molecule is CC(C)(C)OC(=O)N1CCC(O)CC1.Cc1cc(OC2CCN(C(=O)OC(C)(C)C)CC2)ccc1[N+](=O)[O-]. The van der Waals surface area contributed by atoms with Crippen LogP contribution in [-0.2, 0) is 9.47 Å². The summed E-state index contributed by atoms with van der Waals surface area (Å²) in [6, 6.07) is 4.75. The first-order valence-corrected chi connectivity index (χ1v) is 13.1. The zero-order valence-electron chi connectivity index (χ0n) is 23.7. The van der Waals surface area contributed by atoms with Gasteiger partial charge in [-0.1, -0.05) is 0 Å². The van der Waals surface area contributed by atoms with Crippen LogP contribution >= 0.6 is 0 Å². The lowest BCUT2D eigenvalue weighted by atomic mass is 10.1. The molecule has 2 saturated heterocycles. The van der Waals surface area contributed by atoms with E-state index >= 15 is 0 Å². The molecule has 0 aromatic heterocycles. The molecule has 0 atom stereocenters. The van der Waals surface area contributed by atoms with Crippen molar-refractivity contribution >= 4 is 17.9 Å². The van der Waals surface area contributed by atoms with Crippen LogP contribution in [0, 0.1) is 17.0 Å². The number of aryl methyl sites for hydroxylation is 1. The van der Waals surface area contributed by atoms with Gasteiger partial charge in [0, 0.05) is 50.7 Å². The molecule has 38 heavy (non-hydrogen) atoms. The summed E-state index contributed by atoms with van der Waals surface area (Å²) >= 11 is 0. The summed E-state index contributed by atoms with van der Waals surface area (Å²) in [6.07, 6.45) is 1.87. The minimum atomic E-state index is -0.499. The van der Waals surface area contributed by atoms with Crippen molar-refractivity contribution in [3.63, 3.8) is 0 Å². The predicted octanol–water partition coefficient (Wildman–Crippen LogP) is 5.06. The zero-order valence-corrected chi connectivity index (χ0v) is 23.7. The lowest BCUT2D eigenvalue weighted by Gasteiger charge is -2.33. The maximum atomic E-state index is 12.0. The first-order valence-electron chi connectivity index (χ1n) is 13.1. The van der Waals surface area contributed by atoms with Gasteiger partial charge in [0.15, 0.2) is 0 Å². The summed E-state index contributed by atoms with van der Waals surface area (Å²) in [5, 5.41) is 20.1. The minimum Gasteiger partial charge on any atom is -0.490 e. The number of aliphatic hydroxyl groups excluding tert-OH is 1. The number of nitro benzene ring substituents is 1. The van der Waals surface area contributed by atoms with E-state index < -0.39 is 16.1 Å². The molecule has 11 nitrogen and oxygen atoms in total. The van der Waals surface area contributed by atoms with Crippen molar-refractivity contribution in [2.75, 3.05) is 26.2 Å². The molecule has 0 bridgehead atoms. The standard InChI is InChI=1S/C17H24N2O5.C10H19NO3/c1-12-11-14(5-6-15(12)19(21)22)23-13-7-9-18(10-8-13)16(20)24-17(2,3)4;1-10(2,3)14-9(13)11-6-4-8(12)5-7-11/h5-6,11,13H,7-10H2,1-4H3;8,12H,4-7H2,1-3H3. The molecule has 2 fully saturated rings. The van der Waals surface area contributed by atoms with Crippen LogP contribution in [0.4, 0.5) is 15.3 Å². The summed E-state index contributed by atoms with van der Waals surface area (Å²) in [4.78, 5) is 37.3. The molecule has 2 aliphatic heterocycles. The molecule has 0 spiro atoms. The molecule has 0 unspecified atom stereocenters. The van der Waals surface area contributed by atoms with Gasteiger partial charge in [-0.05, 0) is 73.4 Å². The van der Waals surface area contributed by atoms with Gasteiger partial charge in [-0.15, -0.1) is 0 Å². The number of carbonyl (C=O) groups excluding carboxylic acids is 2. The first-order chi connectivity index (χ1) is 17.5. The number of piperidine rings is 2. The number of hydrogen-bond acceptors (Lipinski definition) is 8. The van der Waals surface area contributed by atoms with Gasteiger partial charge in [-0.3, -0.25) is 10.1 Å². The highest BCUT2D eigenvalue weighted by Gasteiger charge is 2.28. The second-order valence-electron chi connectivity index (χ2n) is 11.7. The van der Waals surface area contributed by atoms with Crippen LogP contribution in [-0.4, -0.2) is 81.6 Å². The van der Waals surface area contributed by atoms with Gasteiger partial charge in [-0.2, -0.15) is 0 Å². The molecule has 11 heteroatoms. The largest absolute Gasteiger partial charge is 0.490 e. The van der Waals surface area contributed by atoms with E-state index in [2.05, 4.69) is 0 Å². The van der Waals surface area contributed by atoms with Gasteiger partial charge in [0.1, 0.15) is 23.1 Å². The lowest BCUT2D eigenvalue weighted by molar-refractivity contribution is -0.385. The molecule has 2 amide bonds. The molecule has 2 heterocycles. The van der Waals surface area contributed by atoms with Gasteiger partial charge in [0.25, 0.3) is 5.69 Å². The maximum Gasteiger partial charge on any atom is 0.410 e. The van der Waals surface area contributed by atoms with Gasteiger partial charge in [0.05, 0.1) is 11.0 Å². The Balaban J connectivity index is 0.000000308. The third-order valence-electron chi connectivity index (χ3n) is 5.88. The molecule has 0 saturated carbocycles. The maximum absolute atomic E-state index is 12.0. The molecule has 0 radical (unpaired) electrons. The summed E-state index contributed by atoms with van der Waals surface area (Å²) in [5.74, 6) is 0.619. The second-order valence-corrected chi connectivity index (χ2v) is 11.7. The quantitative estimate of drug-likeness (QED) is 0.418. The van der Waals surface area contributed by atoms with E-state index in [9.17, 15) is 24.8 Å². The molecule has 1 N–H and O–H groups in total. The number of rotatable bonds is 3. The summed E-state index contributed by atoms with van der Waals surface area (Å²) in [7, 11) is 0. The number of likely N-dealkylation sites (tertiary alicyclic amines) is 2. The number of ether oxygens (including phenoxy) is 3. The van der Waals surface area contributed by atoms with Gasteiger partial charge >= 0.3 is 12.2 Å². The number of benzene rings is 1. The molecule has 0 aliphatic carbocycles. The van der Waals surface area contributed by atoms with E-state index in [4.69, 9.17) is 14.2 Å². The highest BCUT2D eigenvalue weighted by molar-refractivity contribution is 5.68.